The zero-order valence-corrected chi connectivity index (χ0v) is 12.2. The van der Waals surface area contributed by atoms with Crippen LogP contribution in [0.1, 0.15) is 84.0 Å². The molecule has 0 atom stereocenters. The predicted octanol–water partition coefficient (Wildman–Crippen LogP) is 4.43. The first-order chi connectivity index (χ1) is 8.83. The first-order valence-corrected chi connectivity index (χ1v) is 8.09. The largest absolute Gasteiger partial charge is 0.356 e. The van der Waals surface area contributed by atoms with Crippen LogP contribution in [0.15, 0.2) is 0 Å². The van der Waals surface area contributed by atoms with E-state index in [2.05, 4.69) is 12.2 Å². The van der Waals surface area contributed by atoms with Crippen molar-refractivity contribution >= 4 is 5.91 Å². The second-order valence-corrected chi connectivity index (χ2v) is 5.81. The minimum Gasteiger partial charge on any atom is -0.356 e. The smallest absolute Gasteiger partial charge is 0.220 e. The molecule has 0 aromatic rings. The molecule has 18 heavy (non-hydrogen) atoms. The molecule has 1 fully saturated rings. The zero-order chi connectivity index (χ0) is 13.1. The molecule has 0 aromatic carbocycles. The Labute approximate surface area is 113 Å². The van der Waals surface area contributed by atoms with Gasteiger partial charge >= 0.3 is 0 Å². The monoisotopic (exact) mass is 253 g/mol. The summed E-state index contributed by atoms with van der Waals surface area (Å²) in [4.78, 5) is 11.7. The fourth-order valence-corrected chi connectivity index (χ4v) is 2.86. The van der Waals surface area contributed by atoms with Crippen molar-refractivity contribution in [2.45, 2.75) is 84.0 Å². The van der Waals surface area contributed by atoms with Crippen molar-refractivity contribution in [1.82, 2.24) is 5.32 Å². The fourth-order valence-electron chi connectivity index (χ4n) is 2.86. The van der Waals surface area contributed by atoms with E-state index in [-0.39, 0.29) is 5.91 Å². The van der Waals surface area contributed by atoms with E-state index in [4.69, 9.17) is 0 Å². The maximum Gasteiger partial charge on any atom is 0.220 e. The lowest BCUT2D eigenvalue weighted by Gasteiger charge is -2.20. The number of hydrogen-bond donors (Lipinski definition) is 1. The average molecular weight is 253 g/mol. The molecule has 0 bridgehead atoms. The lowest BCUT2D eigenvalue weighted by atomic mass is 9.86. The van der Waals surface area contributed by atoms with Crippen LogP contribution in [-0.4, -0.2) is 12.5 Å². The Balaban J connectivity index is 1.90. The van der Waals surface area contributed by atoms with Crippen LogP contribution in [0.5, 0.6) is 0 Å². The fraction of sp³-hybridized carbons (Fsp3) is 0.938. The van der Waals surface area contributed by atoms with Crippen molar-refractivity contribution in [1.29, 1.82) is 0 Å². The molecule has 1 N–H and O–H groups in total. The summed E-state index contributed by atoms with van der Waals surface area (Å²) in [6, 6.07) is 0. The molecule has 0 saturated heterocycles. The van der Waals surface area contributed by atoms with E-state index in [1.807, 2.05) is 0 Å². The number of carbonyl (C=O) groups is 1. The quantitative estimate of drug-likeness (QED) is 0.605. The molecule has 0 unspecified atom stereocenters. The van der Waals surface area contributed by atoms with Gasteiger partial charge in [-0.2, -0.15) is 0 Å². The van der Waals surface area contributed by atoms with E-state index < -0.39 is 0 Å². The average Bonchev–Trinajstić information content (AvgIpc) is 2.41. The molecule has 106 valence electrons. The summed E-state index contributed by atoms with van der Waals surface area (Å²) in [6.07, 6.45) is 15.1. The number of unbranched alkanes of at least 4 members (excludes halogenated alkanes) is 4. The zero-order valence-electron chi connectivity index (χ0n) is 12.2. The first kappa shape index (κ1) is 15.5. The van der Waals surface area contributed by atoms with Crippen LogP contribution in [0.3, 0.4) is 0 Å². The van der Waals surface area contributed by atoms with Gasteiger partial charge in [-0.05, 0) is 18.8 Å². The summed E-state index contributed by atoms with van der Waals surface area (Å²) >= 11 is 0. The summed E-state index contributed by atoms with van der Waals surface area (Å²) in [7, 11) is 0. The van der Waals surface area contributed by atoms with Gasteiger partial charge in [-0.25, -0.2) is 0 Å². The molecule has 1 aliphatic rings. The summed E-state index contributed by atoms with van der Waals surface area (Å²) in [6.45, 7) is 3.11. The summed E-state index contributed by atoms with van der Waals surface area (Å²) in [5, 5.41) is 3.06. The predicted molar refractivity (Wildman–Crippen MR) is 77.6 cm³/mol. The highest BCUT2D eigenvalue weighted by Crippen LogP contribution is 2.27. The van der Waals surface area contributed by atoms with Crippen molar-refractivity contribution in [3.63, 3.8) is 0 Å². The van der Waals surface area contributed by atoms with E-state index in [1.54, 1.807) is 0 Å². The van der Waals surface area contributed by atoms with E-state index >= 15 is 0 Å². The normalized spacial score (nSPS) is 16.7. The minimum atomic E-state index is 0.274. The third-order valence-corrected chi connectivity index (χ3v) is 4.11. The van der Waals surface area contributed by atoms with Crippen LogP contribution in [-0.2, 0) is 4.79 Å². The number of nitrogens with one attached hydrogen (secondary N) is 1. The highest BCUT2D eigenvalue weighted by atomic mass is 16.1. The molecule has 0 aromatic heterocycles. The number of rotatable bonds is 9. The lowest BCUT2D eigenvalue weighted by molar-refractivity contribution is -0.121. The third kappa shape index (κ3) is 7.73. The van der Waals surface area contributed by atoms with E-state index in [0.29, 0.717) is 0 Å². The molecule has 2 heteroatoms. The molecule has 1 rings (SSSR count). The van der Waals surface area contributed by atoms with Crippen LogP contribution in [0.2, 0.25) is 0 Å². The number of hydrogen-bond acceptors (Lipinski definition) is 1. The van der Waals surface area contributed by atoms with Gasteiger partial charge in [-0.3, -0.25) is 4.79 Å². The minimum absolute atomic E-state index is 0.274. The Morgan fingerprint density at radius 2 is 1.78 bits per heavy atom. The molecule has 2 nitrogen and oxygen atoms in total. The molecular formula is C16H31NO. The maximum absolute atomic E-state index is 11.7. The number of amides is 1. The van der Waals surface area contributed by atoms with E-state index in [9.17, 15) is 4.79 Å². The van der Waals surface area contributed by atoms with Gasteiger partial charge in [-0.1, -0.05) is 64.7 Å². The van der Waals surface area contributed by atoms with Gasteiger partial charge in [0.25, 0.3) is 0 Å². The van der Waals surface area contributed by atoms with Crippen molar-refractivity contribution < 1.29 is 4.79 Å². The Hall–Kier alpha value is -0.530. The third-order valence-electron chi connectivity index (χ3n) is 4.11. The van der Waals surface area contributed by atoms with Gasteiger partial charge in [-0.15, -0.1) is 0 Å². The molecule has 0 radical (unpaired) electrons. The standard InChI is InChI=1S/C16H31NO/c1-2-3-4-5-9-14-17-16(18)13-12-15-10-7-6-8-11-15/h15H,2-14H2,1H3,(H,17,18). The van der Waals surface area contributed by atoms with Gasteiger partial charge in [0, 0.05) is 13.0 Å². The Morgan fingerprint density at radius 1 is 1.06 bits per heavy atom. The van der Waals surface area contributed by atoms with Gasteiger partial charge in [0.15, 0.2) is 0 Å². The highest BCUT2D eigenvalue weighted by molar-refractivity contribution is 5.75. The second-order valence-electron chi connectivity index (χ2n) is 5.81. The van der Waals surface area contributed by atoms with Crippen LogP contribution < -0.4 is 5.32 Å². The summed E-state index contributed by atoms with van der Waals surface area (Å²) in [5.74, 6) is 1.10. The Bertz CT molecular complexity index is 209. The highest BCUT2D eigenvalue weighted by Gasteiger charge is 2.14. The first-order valence-electron chi connectivity index (χ1n) is 8.09. The van der Waals surface area contributed by atoms with E-state index in [0.717, 1.165) is 31.7 Å². The molecular weight excluding hydrogens is 222 g/mol. The molecule has 0 spiro atoms. The van der Waals surface area contributed by atoms with Crippen molar-refractivity contribution in [2.24, 2.45) is 5.92 Å². The molecule has 0 heterocycles. The summed E-state index contributed by atoms with van der Waals surface area (Å²) in [5.41, 5.74) is 0. The van der Waals surface area contributed by atoms with Crippen molar-refractivity contribution in [2.75, 3.05) is 6.54 Å². The molecule has 1 saturated carbocycles. The molecule has 0 aliphatic heterocycles. The Kier molecular flexibility index (Phi) is 8.97. The van der Waals surface area contributed by atoms with Gasteiger partial charge in [0.1, 0.15) is 0 Å². The SMILES string of the molecule is CCCCCCCNC(=O)CCC1CCCCC1. The Morgan fingerprint density at radius 3 is 2.50 bits per heavy atom. The maximum atomic E-state index is 11.7. The van der Waals surface area contributed by atoms with Crippen LogP contribution in [0.25, 0.3) is 0 Å². The van der Waals surface area contributed by atoms with Gasteiger partial charge in [0.05, 0.1) is 0 Å². The summed E-state index contributed by atoms with van der Waals surface area (Å²) < 4.78 is 0. The van der Waals surface area contributed by atoms with Crippen LogP contribution in [0.4, 0.5) is 0 Å². The lowest BCUT2D eigenvalue weighted by Crippen LogP contribution is -2.25. The van der Waals surface area contributed by atoms with Crippen LogP contribution >= 0.6 is 0 Å². The second kappa shape index (κ2) is 10.4. The molecule has 1 aliphatic carbocycles. The number of carbonyl (C=O) groups excluding carboxylic acids is 1. The van der Waals surface area contributed by atoms with Gasteiger partial charge in [0.2, 0.25) is 5.91 Å². The van der Waals surface area contributed by atoms with Gasteiger partial charge < -0.3 is 5.32 Å². The van der Waals surface area contributed by atoms with Crippen molar-refractivity contribution in [3.05, 3.63) is 0 Å². The molecule has 1 amide bonds. The van der Waals surface area contributed by atoms with Crippen LogP contribution in [0, 0.1) is 5.92 Å². The van der Waals surface area contributed by atoms with E-state index in [1.165, 1.54) is 57.8 Å². The van der Waals surface area contributed by atoms with Crippen molar-refractivity contribution in [3.8, 4) is 0 Å². The topological polar surface area (TPSA) is 29.1 Å².